The predicted molar refractivity (Wildman–Crippen MR) is 133 cm³/mol. The molecular weight excluding hydrogens is 384 g/mol. The van der Waals surface area contributed by atoms with Crippen molar-refractivity contribution in [3.63, 3.8) is 0 Å². The molecule has 1 aromatic rings. The average molecular weight is 429 g/mol. The van der Waals surface area contributed by atoms with Crippen LogP contribution in [-0.4, -0.2) is 99.2 Å². The SMILES string of the molecule is CCNC(=NCCCCN1CCN(CC)CC1)N1CCN(c2cccc(C)c2C)CC1. The number of nitrogens with one attached hydrogen (secondary N) is 1. The average Bonchev–Trinajstić information content (AvgIpc) is 2.80. The lowest BCUT2D eigenvalue weighted by molar-refractivity contribution is 0.136. The van der Waals surface area contributed by atoms with Crippen molar-refractivity contribution in [1.82, 2.24) is 20.0 Å². The molecule has 2 saturated heterocycles. The summed E-state index contributed by atoms with van der Waals surface area (Å²) in [6.45, 7) is 22.2. The molecule has 2 heterocycles. The molecule has 1 N–H and O–H groups in total. The zero-order valence-corrected chi connectivity index (χ0v) is 20.4. The van der Waals surface area contributed by atoms with E-state index in [0.717, 1.165) is 45.2 Å². The molecular formula is C25H44N6. The van der Waals surface area contributed by atoms with Gasteiger partial charge >= 0.3 is 0 Å². The van der Waals surface area contributed by atoms with Gasteiger partial charge in [0.25, 0.3) is 0 Å². The van der Waals surface area contributed by atoms with Gasteiger partial charge in [0.1, 0.15) is 0 Å². The maximum absolute atomic E-state index is 4.96. The van der Waals surface area contributed by atoms with E-state index in [-0.39, 0.29) is 0 Å². The van der Waals surface area contributed by atoms with E-state index in [1.807, 2.05) is 0 Å². The minimum atomic E-state index is 0.925. The number of guanidine groups is 1. The van der Waals surface area contributed by atoms with Crippen LogP contribution < -0.4 is 10.2 Å². The fourth-order valence-corrected chi connectivity index (χ4v) is 4.62. The Morgan fingerprint density at radius 3 is 2.29 bits per heavy atom. The number of benzene rings is 1. The van der Waals surface area contributed by atoms with Crippen molar-refractivity contribution in [2.45, 2.75) is 40.5 Å². The molecule has 1 aromatic carbocycles. The molecule has 2 aliphatic rings. The third kappa shape index (κ3) is 6.84. The molecule has 0 radical (unpaired) electrons. The van der Waals surface area contributed by atoms with Crippen LogP contribution in [0.4, 0.5) is 5.69 Å². The van der Waals surface area contributed by atoms with Gasteiger partial charge in [0.05, 0.1) is 0 Å². The summed E-state index contributed by atoms with van der Waals surface area (Å²) < 4.78 is 0. The Hall–Kier alpha value is -1.79. The summed E-state index contributed by atoms with van der Waals surface area (Å²) >= 11 is 0. The summed E-state index contributed by atoms with van der Waals surface area (Å²) in [4.78, 5) is 15.1. The molecule has 2 fully saturated rings. The molecule has 0 saturated carbocycles. The molecule has 31 heavy (non-hydrogen) atoms. The normalized spacial score (nSPS) is 19.2. The van der Waals surface area contributed by atoms with E-state index in [9.17, 15) is 0 Å². The van der Waals surface area contributed by atoms with Crippen LogP contribution in [0.15, 0.2) is 23.2 Å². The smallest absolute Gasteiger partial charge is 0.194 e. The van der Waals surface area contributed by atoms with E-state index in [0.29, 0.717) is 0 Å². The lowest BCUT2D eigenvalue weighted by atomic mass is 10.1. The van der Waals surface area contributed by atoms with E-state index in [2.05, 4.69) is 70.8 Å². The first-order chi connectivity index (χ1) is 15.1. The number of piperazine rings is 2. The van der Waals surface area contributed by atoms with E-state index < -0.39 is 0 Å². The molecule has 0 aliphatic carbocycles. The van der Waals surface area contributed by atoms with Crippen molar-refractivity contribution in [3.8, 4) is 0 Å². The summed E-state index contributed by atoms with van der Waals surface area (Å²) in [5.41, 5.74) is 4.18. The van der Waals surface area contributed by atoms with Gasteiger partial charge in [0.2, 0.25) is 0 Å². The summed E-state index contributed by atoms with van der Waals surface area (Å²) in [6, 6.07) is 6.65. The second kappa shape index (κ2) is 12.3. The Morgan fingerprint density at radius 2 is 1.61 bits per heavy atom. The van der Waals surface area contributed by atoms with Gasteiger partial charge in [-0.2, -0.15) is 0 Å². The second-order valence-corrected chi connectivity index (χ2v) is 8.91. The van der Waals surface area contributed by atoms with Gasteiger partial charge in [-0.3, -0.25) is 4.99 Å². The Balaban J connectivity index is 1.42. The molecule has 6 heteroatoms. The van der Waals surface area contributed by atoms with Gasteiger partial charge in [-0.05, 0) is 63.9 Å². The Morgan fingerprint density at radius 1 is 0.903 bits per heavy atom. The largest absolute Gasteiger partial charge is 0.368 e. The van der Waals surface area contributed by atoms with E-state index in [4.69, 9.17) is 4.99 Å². The third-order valence-electron chi connectivity index (χ3n) is 6.89. The third-order valence-corrected chi connectivity index (χ3v) is 6.89. The predicted octanol–water partition coefficient (Wildman–Crippen LogP) is 2.81. The molecule has 6 nitrogen and oxygen atoms in total. The number of hydrogen-bond acceptors (Lipinski definition) is 4. The van der Waals surface area contributed by atoms with Crippen LogP contribution in [0.3, 0.4) is 0 Å². The minimum Gasteiger partial charge on any atom is -0.368 e. The molecule has 0 amide bonds. The minimum absolute atomic E-state index is 0.925. The monoisotopic (exact) mass is 428 g/mol. The fraction of sp³-hybridized carbons (Fsp3) is 0.720. The fourth-order valence-electron chi connectivity index (χ4n) is 4.62. The summed E-state index contributed by atoms with van der Waals surface area (Å²) in [7, 11) is 0. The highest BCUT2D eigenvalue weighted by Gasteiger charge is 2.21. The maximum Gasteiger partial charge on any atom is 0.194 e. The van der Waals surface area contributed by atoms with Crippen LogP contribution in [0.2, 0.25) is 0 Å². The van der Waals surface area contributed by atoms with Gasteiger partial charge in [-0.25, -0.2) is 0 Å². The highest BCUT2D eigenvalue weighted by Crippen LogP contribution is 2.23. The number of hydrogen-bond donors (Lipinski definition) is 1. The first kappa shape index (κ1) is 23.9. The van der Waals surface area contributed by atoms with Gasteiger partial charge < -0.3 is 24.9 Å². The molecule has 0 atom stereocenters. The quantitative estimate of drug-likeness (QED) is 0.392. The number of aryl methyl sites for hydroxylation is 1. The number of rotatable bonds is 8. The molecule has 0 unspecified atom stereocenters. The van der Waals surface area contributed by atoms with Crippen molar-refractivity contribution in [2.24, 2.45) is 4.99 Å². The van der Waals surface area contributed by atoms with E-state index in [1.165, 1.54) is 68.9 Å². The van der Waals surface area contributed by atoms with Crippen LogP contribution >= 0.6 is 0 Å². The summed E-state index contributed by atoms with van der Waals surface area (Å²) in [5.74, 6) is 1.10. The van der Waals surface area contributed by atoms with Crippen molar-refractivity contribution in [1.29, 1.82) is 0 Å². The van der Waals surface area contributed by atoms with Crippen molar-refractivity contribution < 1.29 is 0 Å². The lowest BCUT2D eigenvalue weighted by Gasteiger charge is -2.38. The number of anilines is 1. The molecule has 0 aromatic heterocycles. The Labute approximate surface area is 190 Å². The van der Waals surface area contributed by atoms with Gasteiger partial charge in [0, 0.05) is 71.1 Å². The number of nitrogens with zero attached hydrogens (tertiary/aromatic N) is 5. The van der Waals surface area contributed by atoms with Crippen molar-refractivity contribution in [3.05, 3.63) is 29.3 Å². The first-order valence-corrected chi connectivity index (χ1v) is 12.4. The highest BCUT2D eigenvalue weighted by atomic mass is 15.3. The summed E-state index contributed by atoms with van der Waals surface area (Å²) in [6.07, 6.45) is 2.42. The molecule has 2 aliphatic heterocycles. The highest BCUT2D eigenvalue weighted by molar-refractivity contribution is 5.80. The van der Waals surface area contributed by atoms with Crippen LogP contribution in [0.1, 0.15) is 37.8 Å². The number of unbranched alkanes of at least 4 members (excludes halogenated alkanes) is 1. The van der Waals surface area contributed by atoms with Gasteiger partial charge in [0.15, 0.2) is 5.96 Å². The molecule has 0 bridgehead atoms. The second-order valence-electron chi connectivity index (χ2n) is 8.91. The standard InChI is InChI=1S/C25H44N6/c1-5-26-25(27-12-7-8-13-29-16-14-28(6-2)15-17-29)31-20-18-30(19-21-31)24-11-9-10-22(3)23(24)4/h9-11H,5-8,12-21H2,1-4H3,(H,26,27). The Kier molecular flexibility index (Phi) is 9.47. The van der Waals surface area contributed by atoms with Crippen LogP contribution in [-0.2, 0) is 0 Å². The Bertz CT molecular complexity index is 687. The number of aliphatic imine (C=N–C) groups is 1. The van der Waals surface area contributed by atoms with Gasteiger partial charge in [-0.1, -0.05) is 19.1 Å². The van der Waals surface area contributed by atoms with Crippen LogP contribution in [0.5, 0.6) is 0 Å². The topological polar surface area (TPSA) is 37.4 Å². The maximum atomic E-state index is 4.96. The van der Waals surface area contributed by atoms with E-state index >= 15 is 0 Å². The molecule has 174 valence electrons. The lowest BCUT2D eigenvalue weighted by Crippen LogP contribution is -2.52. The number of likely N-dealkylation sites (N-methyl/N-ethyl adjacent to an activating group) is 1. The van der Waals surface area contributed by atoms with Crippen LogP contribution in [0.25, 0.3) is 0 Å². The zero-order valence-electron chi connectivity index (χ0n) is 20.4. The zero-order chi connectivity index (χ0) is 22.1. The summed E-state index contributed by atoms with van der Waals surface area (Å²) in [5, 5.41) is 3.52. The first-order valence-electron chi connectivity index (χ1n) is 12.4. The van der Waals surface area contributed by atoms with E-state index in [1.54, 1.807) is 0 Å². The molecule has 0 spiro atoms. The van der Waals surface area contributed by atoms with Crippen molar-refractivity contribution in [2.75, 3.05) is 83.4 Å². The van der Waals surface area contributed by atoms with Gasteiger partial charge in [-0.15, -0.1) is 0 Å². The molecule has 3 rings (SSSR count). The van der Waals surface area contributed by atoms with Crippen LogP contribution in [0, 0.1) is 13.8 Å². The van der Waals surface area contributed by atoms with Crippen molar-refractivity contribution >= 4 is 11.6 Å².